The molecule has 12 heteroatoms. The molecule has 4 saturated carbocycles. The smallest absolute Gasteiger partial charge is 0.320 e. The van der Waals surface area contributed by atoms with E-state index in [1.807, 2.05) is 0 Å². The number of carbonyl (C=O) groups is 1. The van der Waals surface area contributed by atoms with Crippen LogP contribution in [0.2, 0.25) is 0 Å². The molecule has 0 spiro atoms. The number of nitro benzene ring substituents is 1. The van der Waals surface area contributed by atoms with E-state index in [0.29, 0.717) is 23.5 Å². The number of rotatable bonds is 7. The van der Waals surface area contributed by atoms with E-state index in [2.05, 4.69) is 15.4 Å². The Morgan fingerprint density at radius 1 is 1.03 bits per heavy atom. The Morgan fingerprint density at radius 2 is 1.73 bits per heavy atom. The minimum Gasteiger partial charge on any atom is -0.455 e. The van der Waals surface area contributed by atoms with Gasteiger partial charge in [-0.15, -0.1) is 0 Å². The molecule has 0 atom stereocenters. The van der Waals surface area contributed by atoms with Crippen LogP contribution in [0.3, 0.4) is 0 Å². The number of hydrogen-bond acceptors (Lipinski definition) is 8. The molecule has 0 saturated heterocycles. The SMILES string of the molecule is O=C(Nc1cc(Oc2cccnc2)cc([N+](=O)[O-])c1)c1nn(C23CC4CC(CC(C4)C2)C3)cc1[N+](=O)[O-]. The Kier molecular flexibility index (Phi) is 5.39. The van der Waals surface area contributed by atoms with Crippen LogP contribution in [0.4, 0.5) is 17.1 Å². The summed E-state index contributed by atoms with van der Waals surface area (Å²) >= 11 is 0. The van der Waals surface area contributed by atoms with Crippen molar-refractivity contribution in [3.8, 4) is 11.5 Å². The lowest BCUT2D eigenvalue weighted by atomic mass is 9.53. The molecule has 7 rings (SSSR count). The van der Waals surface area contributed by atoms with Crippen LogP contribution < -0.4 is 10.1 Å². The van der Waals surface area contributed by atoms with E-state index in [0.717, 1.165) is 25.3 Å². The second-order valence-electron chi connectivity index (χ2n) is 10.4. The van der Waals surface area contributed by atoms with Gasteiger partial charge in [0.1, 0.15) is 17.7 Å². The quantitative estimate of drug-likeness (QED) is 0.345. The Hall–Kier alpha value is -4.35. The molecule has 1 amide bonds. The van der Waals surface area contributed by atoms with Crippen LogP contribution in [0.15, 0.2) is 48.9 Å². The number of benzene rings is 1. The van der Waals surface area contributed by atoms with Crippen molar-refractivity contribution in [3.05, 3.63) is 74.8 Å². The van der Waals surface area contributed by atoms with E-state index in [1.165, 1.54) is 43.8 Å². The highest BCUT2D eigenvalue weighted by atomic mass is 16.6. The minimum atomic E-state index is -0.817. The standard InChI is InChI=1S/C25H24N6O6/c32-24(27-18-7-19(30(33)34)9-21(8-18)37-20-2-1-3-26-13-20)23-22(31(35)36)14-29(28-23)25-10-15-4-16(11-25)6-17(5-15)12-25/h1-3,7-9,13-17H,4-6,10-12H2,(H,27,32). The fourth-order valence-corrected chi connectivity index (χ4v) is 6.80. The van der Waals surface area contributed by atoms with Gasteiger partial charge < -0.3 is 10.1 Å². The first-order chi connectivity index (χ1) is 17.8. The first kappa shape index (κ1) is 23.1. The van der Waals surface area contributed by atoms with Crippen molar-refractivity contribution in [2.75, 3.05) is 5.32 Å². The third-order valence-electron chi connectivity index (χ3n) is 7.83. The second-order valence-corrected chi connectivity index (χ2v) is 10.4. The number of carbonyl (C=O) groups excluding carboxylic acids is 1. The summed E-state index contributed by atoms with van der Waals surface area (Å²) in [6.07, 6.45) is 10.7. The van der Waals surface area contributed by atoms with Crippen molar-refractivity contribution in [1.82, 2.24) is 14.8 Å². The fourth-order valence-electron chi connectivity index (χ4n) is 6.80. The molecule has 4 fully saturated rings. The fraction of sp³-hybridized carbons (Fsp3) is 0.400. The van der Waals surface area contributed by atoms with Crippen LogP contribution in [0.5, 0.6) is 11.5 Å². The molecule has 0 aliphatic heterocycles. The lowest BCUT2D eigenvalue weighted by Crippen LogP contribution is -2.52. The van der Waals surface area contributed by atoms with Gasteiger partial charge in [0.25, 0.3) is 11.6 Å². The summed E-state index contributed by atoms with van der Waals surface area (Å²) in [5.41, 5.74) is -1.26. The molecule has 3 aromatic rings. The molecule has 4 aliphatic rings. The molecule has 12 nitrogen and oxygen atoms in total. The molecule has 4 bridgehead atoms. The van der Waals surface area contributed by atoms with Crippen molar-refractivity contribution in [2.24, 2.45) is 17.8 Å². The van der Waals surface area contributed by atoms with Crippen molar-refractivity contribution >= 4 is 23.0 Å². The van der Waals surface area contributed by atoms with Crippen LogP contribution in [0, 0.1) is 38.0 Å². The number of non-ortho nitro benzene ring substituents is 1. The second kappa shape index (κ2) is 8.64. The molecule has 4 aliphatic carbocycles. The van der Waals surface area contributed by atoms with Crippen molar-refractivity contribution in [3.63, 3.8) is 0 Å². The molecule has 2 aromatic heterocycles. The summed E-state index contributed by atoms with van der Waals surface area (Å²) < 4.78 is 7.32. The number of nitro groups is 2. The van der Waals surface area contributed by atoms with Gasteiger partial charge in [0, 0.05) is 18.3 Å². The summed E-state index contributed by atoms with van der Waals surface area (Å²) in [6.45, 7) is 0. The van der Waals surface area contributed by atoms with E-state index in [4.69, 9.17) is 4.74 Å². The van der Waals surface area contributed by atoms with Crippen LogP contribution in [0.25, 0.3) is 0 Å². The number of ether oxygens (including phenoxy) is 1. The third-order valence-corrected chi connectivity index (χ3v) is 7.83. The van der Waals surface area contributed by atoms with Crippen molar-refractivity contribution in [2.45, 2.75) is 44.1 Å². The molecule has 1 N–H and O–H groups in total. The number of nitrogens with one attached hydrogen (secondary N) is 1. The van der Waals surface area contributed by atoms with Crippen molar-refractivity contribution in [1.29, 1.82) is 0 Å². The number of aromatic nitrogens is 3. The summed E-state index contributed by atoms with van der Waals surface area (Å²) in [6, 6.07) is 7.06. The van der Waals surface area contributed by atoms with Gasteiger partial charge in [-0.1, -0.05) is 0 Å². The van der Waals surface area contributed by atoms with Gasteiger partial charge in [-0.25, -0.2) is 0 Å². The molecular formula is C25H24N6O6. The highest BCUT2D eigenvalue weighted by Gasteiger charge is 2.53. The number of hydrogen-bond donors (Lipinski definition) is 1. The zero-order chi connectivity index (χ0) is 25.7. The number of amides is 1. The van der Waals surface area contributed by atoms with Gasteiger partial charge in [0.05, 0.1) is 33.3 Å². The van der Waals surface area contributed by atoms with E-state index in [-0.39, 0.29) is 34.0 Å². The summed E-state index contributed by atoms with van der Waals surface area (Å²) in [4.78, 5) is 39.3. The molecule has 2 heterocycles. The van der Waals surface area contributed by atoms with E-state index < -0.39 is 15.8 Å². The monoisotopic (exact) mass is 504 g/mol. The zero-order valence-electron chi connectivity index (χ0n) is 19.8. The zero-order valence-corrected chi connectivity index (χ0v) is 19.8. The Morgan fingerprint density at radius 3 is 2.32 bits per heavy atom. The first-order valence-corrected chi connectivity index (χ1v) is 12.2. The normalized spacial score (nSPS) is 25.6. The lowest BCUT2D eigenvalue weighted by molar-refractivity contribution is -0.385. The van der Waals surface area contributed by atoms with Crippen LogP contribution in [-0.2, 0) is 5.54 Å². The molecule has 37 heavy (non-hydrogen) atoms. The first-order valence-electron chi connectivity index (χ1n) is 12.2. The summed E-state index contributed by atoms with van der Waals surface area (Å²) in [5, 5.41) is 30.4. The molecule has 0 radical (unpaired) electrons. The lowest BCUT2D eigenvalue weighted by Gasteiger charge is -2.56. The van der Waals surface area contributed by atoms with Gasteiger partial charge in [0.15, 0.2) is 0 Å². The maximum Gasteiger partial charge on any atom is 0.320 e. The Labute approximate surface area is 211 Å². The maximum absolute atomic E-state index is 13.2. The number of pyridine rings is 1. The van der Waals surface area contributed by atoms with E-state index >= 15 is 0 Å². The maximum atomic E-state index is 13.2. The van der Waals surface area contributed by atoms with Crippen LogP contribution >= 0.6 is 0 Å². The number of anilines is 1. The minimum absolute atomic E-state index is 0.0525. The topological polar surface area (TPSA) is 155 Å². The molecule has 190 valence electrons. The third kappa shape index (κ3) is 4.28. The van der Waals surface area contributed by atoms with E-state index in [1.54, 1.807) is 23.0 Å². The van der Waals surface area contributed by atoms with Gasteiger partial charge in [-0.3, -0.25) is 34.7 Å². The molecule has 1 aromatic carbocycles. The van der Waals surface area contributed by atoms with Gasteiger partial charge in [-0.2, -0.15) is 5.10 Å². The summed E-state index contributed by atoms with van der Waals surface area (Å²) in [5.74, 6) is 1.42. The van der Waals surface area contributed by atoms with Gasteiger partial charge >= 0.3 is 5.69 Å². The van der Waals surface area contributed by atoms with Crippen LogP contribution in [0.1, 0.15) is 49.0 Å². The summed E-state index contributed by atoms with van der Waals surface area (Å²) in [7, 11) is 0. The van der Waals surface area contributed by atoms with Crippen molar-refractivity contribution < 1.29 is 19.4 Å². The Bertz CT molecular complexity index is 1370. The average molecular weight is 505 g/mol. The van der Waals surface area contributed by atoms with Gasteiger partial charge in [0.2, 0.25) is 5.69 Å². The predicted molar refractivity (Wildman–Crippen MR) is 130 cm³/mol. The highest BCUT2D eigenvalue weighted by molar-refractivity contribution is 6.05. The largest absolute Gasteiger partial charge is 0.455 e. The highest BCUT2D eigenvalue weighted by Crippen LogP contribution is 2.58. The average Bonchev–Trinajstić information content (AvgIpc) is 3.31. The molecule has 0 unspecified atom stereocenters. The van der Waals surface area contributed by atoms with Crippen LogP contribution in [-0.4, -0.2) is 30.5 Å². The predicted octanol–water partition coefficient (Wildman–Crippen LogP) is 5.06. The Balaban J connectivity index is 1.30. The number of nitrogens with zero attached hydrogens (tertiary/aromatic N) is 5. The van der Waals surface area contributed by atoms with Gasteiger partial charge in [-0.05, 0) is 68.4 Å². The molecular weight excluding hydrogens is 480 g/mol. The van der Waals surface area contributed by atoms with E-state index in [9.17, 15) is 25.0 Å².